The lowest BCUT2D eigenvalue weighted by atomic mass is 10.0. The van der Waals surface area contributed by atoms with Gasteiger partial charge < -0.3 is 0 Å². The third kappa shape index (κ3) is 22.4. The van der Waals surface area contributed by atoms with Gasteiger partial charge in [0.15, 0.2) is 0 Å². The molecule has 0 heterocycles. The van der Waals surface area contributed by atoms with Gasteiger partial charge in [-0.2, -0.15) is 12.6 Å². The Labute approximate surface area is 173 Å². The summed E-state index contributed by atoms with van der Waals surface area (Å²) in [5.41, 5.74) is 0. The van der Waals surface area contributed by atoms with E-state index in [1.165, 1.54) is 141 Å². The van der Waals surface area contributed by atoms with Crippen molar-refractivity contribution in [2.75, 3.05) is 0 Å². The number of thiol groups is 1. The van der Waals surface area contributed by atoms with Crippen LogP contribution < -0.4 is 0 Å². The fourth-order valence-electron chi connectivity index (χ4n) is 3.88. The fraction of sp³-hybridized carbons (Fsp3) is 1.00. The van der Waals surface area contributed by atoms with Crippen LogP contribution in [-0.4, -0.2) is 5.25 Å². The summed E-state index contributed by atoms with van der Waals surface area (Å²) in [6.07, 6.45) is 31.5. The van der Waals surface area contributed by atoms with Crippen LogP contribution in [0.2, 0.25) is 0 Å². The summed E-state index contributed by atoms with van der Waals surface area (Å²) < 4.78 is 0. The van der Waals surface area contributed by atoms with E-state index < -0.39 is 0 Å². The Kier molecular flexibility index (Phi) is 23.7. The Morgan fingerprint density at radius 3 is 0.885 bits per heavy atom. The lowest BCUT2D eigenvalue weighted by Gasteiger charge is -2.10. The average Bonchev–Trinajstić information content (AvgIpc) is 2.64. The molecule has 0 aromatic carbocycles. The molecule has 0 aliphatic carbocycles. The van der Waals surface area contributed by atoms with E-state index in [2.05, 4.69) is 13.8 Å². The van der Waals surface area contributed by atoms with Crippen molar-refractivity contribution in [1.82, 2.24) is 0 Å². The van der Waals surface area contributed by atoms with Crippen LogP contribution in [-0.2, 0) is 0 Å². The van der Waals surface area contributed by atoms with Gasteiger partial charge in [-0.3, -0.25) is 0 Å². The lowest BCUT2D eigenvalue weighted by molar-refractivity contribution is 0.525. The van der Waals surface area contributed by atoms with Crippen LogP contribution in [0.5, 0.6) is 0 Å². The standard InChI is InChI=1S/C25H52S/c1-3-5-7-9-11-13-15-17-19-21-23-25(26)24-22-20-18-16-14-12-10-8-6-4-2/h25-26H,3-24H2,1-2H3. The SMILES string of the molecule is CCCCCCCCCCCCC(S)CCCCCCCCCCCC. The summed E-state index contributed by atoms with van der Waals surface area (Å²) in [6, 6.07) is 0. The molecule has 0 nitrogen and oxygen atoms in total. The van der Waals surface area contributed by atoms with Gasteiger partial charge in [-0.15, -0.1) is 0 Å². The van der Waals surface area contributed by atoms with Gasteiger partial charge in [0.25, 0.3) is 0 Å². The van der Waals surface area contributed by atoms with E-state index in [1.807, 2.05) is 0 Å². The Hall–Kier alpha value is 0.350. The maximum atomic E-state index is 4.81. The van der Waals surface area contributed by atoms with Crippen LogP contribution in [0.25, 0.3) is 0 Å². The minimum atomic E-state index is 0.665. The summed E-state index contributed by atoms with van der Waals surface area (Å²) in [5.74, 6) is 0. The van der Waals surface area contributed by atoms with Crippen molar-refractivity contribution in [3.8, 4) is 0 Å². The monoisotopic (exact) mass is 384 g/mol. The molecule has 0 rings (SSSR count). The summed E-state index contributed by atoms with van der Waals surface area (Å²) in [4.78, 5) is 0. The Morgan fingerprint density at radius 1 is 0.385 bits per heavy atom. The average molecular weight is 385 g/mol. The first-order valence-corrected chi connectivity index (χ1v) is 13.0. The van der Waals surface area contributed by atoms with Gasteiger partial charge in [0.05, 0.1) is 0 Å². The molecule has 0 fully saturated rings. The van der Waals surface area contributed by atoms with Crippen molar-refractivity contribution in [1.29, 1.82) is 0 Å². The smallest absolute Gasteiger partial charge is 0.00168 e. The van der Waals surface area contributed by atoms with Crippen LogP contribution in [0.1, 0.15) is 155 Å². The van der Waals surface area contributed by atoms with Crippen LogP contribution in [0.3, 0.4) is 0 Å². The van der Waals surface area contributed by atoms with Crippen LogP contribution in [0.15, 0.2) is 0 Å². The van der Waals surface area contributed by atoms with Gasteiger partial charge in [-0.05, 0) is 12.8 Å². The number of hydrogen-bond donors (Lipinski definition) is 1. The van der Waals surface area contributed by atoms with E-state index in [1.54, 1.807) is 0 Å². The Balaban J connectivity index is 3.12. The van der Waals surface area contributed by atoms with Gasteiger partial charge >= 0.3 is 0 Å². The molecule has 0 aromatic rings. The zero-order chi connectivity index (χ0) is 19.1. The molecule has 0 radical (unpaired) electrons. The van der Waals surface area contributed by atoms with Crippen molar-refractivity contribution in [3.63, 3.8) is 0 Å². The van der Waals surface area contributed by atoms with Crippen molar-refractivity contribution < 1.29 is 0 Å². The van der Waals surface area contributed by atoms with Crippen molar-refractivity contribution in [2.45, 2.75) is 160 Å². The number of rotatable bonds is 22. The highest BCUT2D eigenvalue weighted by Gasteiger charge is 2.03. The zero-order valence-electron chi connectivity index (χ0n) is 18.6. The van der Waals surface area contributed by atoms with E-state index in [4.69, 9.17) is 12.6 Å². The zero-order valence-corrected chi connectivity index (χ0v) is 19.5. The maximum absolute atomic E-state index is 4.81. The largest absolute Gasteiger partial charge is 0.176 e. The number of hydrogen-bond acceptors (Lipinski definition) is 1. The molecular weight excluding hydrogens is 332 g/mol. The molecule has 1 heteroatoms. The molecule has 158 valence electrons. The normalized spacial score (nSPS) is 11.5. The highest BCUT2D eigenvalue weighted by atomic mass is 32.1. The fourth-order valence-corrected chi connectivity index (χ4v) is 4.24. The van der Waals surface area contributed by atoms with E-state index in [0.29, 0.717) is 5.25 Å². The van der Waals surface area contributed by atoms with Crippen LogP contribution >= 0.6 is 12.6 Å². The molecule has 0 saturated carbocycles. The van der Waals surface area contributed by atoms with E-state index in [9.17, 15) is 0 Å². The van der Waals surface area contributed by atoms with Crippen molar-refractivity contribution in [3.05, 3.63) is 0 Å². The van der Waals surface area contributed by atoms with E-state index in [-0.39, 0.29) is 0 Å². The van der Waals surface area contributed by atoms with Gasteiger partial charge in [-0.1, -0.05) is 142 Å². The molecule has 0 N–H and O–H groups in total. The molecule has 0 bridgehead atoms. The summed E-state index contributed by atoms with van der Waals surface area (Å²) >= 11 is 4.81. The second-order valence-corrected chi connectivity index (χ2v) is 9.33. The molecule has 26 heavy (non-hydrogen) atoms. The topological polar surface area (TPSA) is 0 Å². The third-order valence-corrected chi connectivity index (χ3v) is 6.30. The molecule has 0 spiro atoms. The maximum Gasteiger partial charge on any atom is 0.00168 e. The highest BCUT2D eigenvalue weighted by Crippen LogP contribution is 2.18. The Bertz CT molecular complexity index is 214. The summed E-state index contributed by atoms with van der Waals surface area (Å²) in [7, 11) is 0. The first-order chi connectivity index (χ1) is 12.8. The molecule has 0 unspecified atom stereocenters. The minimum Gasteiger partial charge on any atom is -0.176 e. The molecular formula is C25H52S. The van der Waals surface area contributed by atoms with Gasteiger partial charge in [0, 0.05) is 5.25 Å². The van der Waals surface area contributed by atoms with Gasteiger partial charge in [0.1, 0.15) is 0 Å². The molecule has 0 aromatic heterocycles. The van der Waals surface area contributed by atoms with E-state index >= 15 is 0 Å². The summed E-state index contributed by atoms with van der Waals surface area (Å²) in [6.45, 7) is 4.59. The lowest BCUT2D eigenvalue weighted by Crippen LogP contribution is -1.98. The van der Waals surface area contributed by atoms with Crippen LogP contribution in [0.4, 0.5) is 0 Å². The van der Waals surface area contributed by atoms with Gasteiger partial charge in [-0.25, -0.2) is 0 Å². The molecule has 0 aliphatic rings. The molecule has 0 amide bonds. The minimum absolute atomic E-state index is 0.665. The predicted octanol–water partition coefficient (Wildman–Crippen LogP) is 9.91. The third-order valence-electron chi connectivity index (χ3n) is 5.78. The van der Waals surface area contributed by atoms with E-state index in [0.717, 1.165) is 0 Å². The second kappa shape index (κ2) is 23.4. The quantitative estimate of drug-likeness (QED) is 0.139. The first kappa shape index (κ1) is 26.4. The van der Waals surface area contributed by atoms with Crippen LogP contribution in [0, 0.1) is 0 Å². The second-order valence-electron chi connectivity index (χ2n) is 8.60. The molecule has 0 aliphatic heterocycles. The Morgan fingerprint density at radius 2 is 0.615 bits per heavy atom. The molecule has 0 atom stereocenters. The summed E-state index contributed by atoms with van der Waals surface area (Å²) in [5, 5.41) is 0.665. The number of unbranched alkanes of at least 4 members (excludes halogenated alkanes) is 18. The highest BCUT2D eigenvalue weighted by molar-refractivity contribution is 7.80. The van der Waals surface area contributed by atoms with Crippen molar-refractivity contribution in [2.24, 2.45) is 0 Å². The van der Waals surface area contributed by atoms with Crippen molar-refractivity contribution >= 4 is 12.6 Å². The van der Waals surface area contributed by atoms with Gasteiger partial charge in [0.2, 0.25) is 0 Å². The first-order valence-electron chi connectivity index (χ1n) is 12.5. The molecule has 0 saturated heterocycles. The predicted molar refractivity (Wildman–Crippen MR) is 126 cm³/mol.